The zero-order valence-electron chi connectivity index (χ0n) is 15.3. The molecule has 0 saturated carbocycles. The number of amides is 1. The van der Waals surface area contributed by atoms with E-state index in [-0.39, 0.29) is 11.9 Å². The number of piperidine rings is 1. The Labute approximate surface area is 147 Å². The average molecular weight is 329 g/mol. The van der Waals surface area contributed by atoms with Crippen molar-refractivity contribution in [2.75, 3.05) is 13.1 Å². The molecule has 1 atom stereocenters. The highest BCUT2D eigenvalue weighted by Gasteiger charge is 2.21. The Hall–Kier alpha value is -1.61. The number of allylic oxidation sites excluding steroid dienone is 1. The van der Waals surface area contributed by atoms with Gasteiger partial charge in [0, 0.05) is 25.6 Å². The molecule has 0 aliphatic carbocycles. The normalized spacial score (nSPS) is 18.5. The van der Waals surface area contributed by atoms with E-state index in [1.807, 2.05) is 0 Å². The Balaban J connectivity index is 1.81. The van der Waals surface area contributed by atoms with Crippen molar-refractivity contribution in [2.45, 2.75) is 58.5 Å². The molecular formula is C21H32N2O. The predicted octanol–water partition coefficient (Wildman–Crippen LogP) is 3.93. The Morgan fingerprint density at radius 1 is 1.33 bits per heavy atom. The molecule has 24 heavy (non-hydrogen) atoms. The van der Waals surface area contributed by atoms with Gasteiger partial charge in [-0.25, -0.2) is 0 Å². The van der Waals surface area contributed by atoms with Crippen LogP contribution in [0, 0.1) is 5.92 Å². The van der Waals surface area contributed by atoms with Crippen LogP contribution in [-0.2, 0) is 17.8 Å². The van der Waals surface area contributed by atoms with Crippen molar-refractivity contribution in [1.29, 1.82) is 0 Å². The first-order chi connectivity index (χ1) is 11.6. The zero-order chi connectivity index (χ0) is 17.4. The van der Waals surface area contributed by atoms with Crippen molar-refractivity contribution >= 4 is 5.91 Å². The minimum Gasteiger partial charge on any atom is -0.352 e. The largest absolute Gasteiger partial charge is 0.352 e. The molecule has 1 amide bonds. The van der Waals surface area contributed by atoms with Gasteiger partial charge in [-0.15, -0.1) is 6.58 Å². The smallest absolute Gasteiger partial charge is 0.220 e. The molecule has 132 valence electrons. The van der Waals surface area contributed by atoms with Gasteiger partial charge in [0.2, 0.25) is 5.91 Å². The predicted molar refractivity (Wildman–Crippen MR) is 101 cm³/mol. The summed E-state index contributed by atoms with van der Waals surface area (Å²) in [6.45, 7) is 11.2. The summed E-state index contributed by atoms with van der Waals surface area (Å²) in [6, 6.07) is 9.31. The first kappa shape index (κ1) is 18.7. The van der Waals surface area contributed by atoms with Crippen molar-refractivity contribution in [3.8, 4) is 0 Å². The van der Waals surface area contributed by atoms with Crippen LogP contribution in [0.3, 0.4) is 0 Å². The number of nitrogens with one attached hydrogen (secondary N) is 1. The van der Waals surface area contributed by atoms with Crippen LogP contribution < -0.4 is 5.32 Å². The van der Waals surface area contributed by atoms with E-state index < -0.39 is 0 Å². The van der Waals surface area contributed by atoms with Gasteiger partial charge in [0.15, 0.2) is 0 Å². The third-order valence-electron chi connectivity index (χ3n) is 4.52. The highest BCUT2D eigenvalue weighted by Crippen LogP contribution is 2.16. The molecule has 1 saturated heterocycles. The third-order valence-corrected chi connectivity index (χ3v) is 4.52. The molecular weight excluding hydrogens is 296 g/mol. The molecule has 1 N–H and O–H groups in total. The summed E-state index contributed by atoms with van der Waals surface area (Å²) in [4.78, 5) is 14.3. The minimum atomic E-state index is 0.153. The second kappa shape index (κ2) is 9.63. The molecule has 1 aromatic rings. The monoisotopic (exact) mass is 328 g/mol. The number of nitrogens with zero attached hydrogens (tertiary/aromatic N) is 1. The van der Waals surface area contributed by atoms with Crippen molar-refractivity contribution < 1.29 is 4.79 Å². The summed E-state index contributed by atoms with van der Waals surface area (Å²) in [6.07, 6.45) is 6.49. The van der Waals surface area contributed by atoms with Crippen LogP contribution in [0.2, 0.25) is 0 Å². The lowest BCUT2D eigenvalue weighted by molar-refractivity contribution is -0.122. The summed E-state index contributed by atoms with van der Waals surface area (Å²) in [5.74, 6) is 0.850. The van der Waals surface area contributed by atoms with Gasteiger partial charge in [0.1, 0.15) is 0 Å². The Bertz CT molecular complexity index is 521. The zero-order valence-corrected chi connectivity index (χ0v) is 15.3. The van der Waals surface area contributed by atoms with Crippen LogP contribution in [0.15, 0.2) is 36.9 Å². The van der Waals surface area contributed by atoms with Gasteiger partial charge in [-0.2, -0.15) is 0 Å². The summed E-state index contributed by atoms with van der Waals surface area (Å²) in [5.41, 5.74) is 2.78. The topological polar surface area (TPSA) is 32.3 Å². The lowest BCUT2D eigenvalue weighted by Gasteiger charge is -2.33. The molecule has 2 rings (SSSR count). The number of benzene rings is 1. The molecule has 0 spiro atoms. The lowest BCUT2D eigenvalue weighted by atomic mass is 10.0. The first-order valence-electron chi connectivity index (χ1n) is 9.27. The molecule has 0 radical (unpaired) electrons. The fourth-order valence-electron chi connectivity index (χ4n) is 3.36. The molecule has 0 bridgehead atoms. The van der Waals surface area contributed by atoms with Crippen LogP contribution in [0.4, 0.5) is 0 Å². The van der Waals surface area contributed by atoms with Crippen molar-refractivity contribution in [3.63, 3.8) is 0 Å². The van der Waals surface area contributed by atoms with Crippen molar-refractivity contribution in [2.24, 2.45) is 5.92 Å². The van der Waals surface area contributed by atoms with E-state index in [1.165, 1.54) is 11.1 Å². The number of hydrogen-bond acceptors (Lipinski definition) is 2. The first-order valence-corrected chi connectivity index (χ1v) is 9.27. The molecule has 1 aliphatic heterocycles. The Morgan fingerprint density at radius 3 is 2.71 bits per heavy atom. The highest BCUT2D eigenvalue weighted by atomic mass is 16.1. The quantitative estimate of drug-likeness (QED) is 0.733. The number of carbonyl (C=O) groups excluding carboxylic acids is 1. The van der Waals surface area contributed by atoms with Crippen LogP contribution >= 0.6 is 0 Å². The summed E-state index contributed by atoms with van der Waals surface area (Å²) in [7, 11) is 0. The Kier molecular flexibility index (Phi) is 7.51. The number of rotatable bonds is 8. The molecule has 1 fully saturated rings. The van der Waals surface area contributed by atoms with E-state index >= 15 is 0 Å². The summed E-state index contributed by atoms with van der Waals surface area (Å²) < 4.78 is 0. The molecule has 0 unspecified atom stereocenters. The summed E-state index contributed by atoms with van der Waals surface area (Å²) >= 11 is 0. The van der Waals surface area contributed by atoms with E-state index in [2.05, 4.69) is 54.9 Å². The van der Waals surface area contributed by atoms with Gasteiger partial charge in [0.25, 0.3) is 0 Å². The lowest BCUT2D eigenvalue weighted by Crippen LogP contribution is -2.47. The molecule has 3 heteroatoms. The summed E-state index contributed by atoms with van der Waals surface area (Å²) in [5, 5.41) is 3.17. The van der Waals surface area contributed by atoms with E-state index in [1.54, 1.807) is 6.08 Å². The van der Waals surface area contributed by atoms with E-state index in [0.717, 1.165) is 45.3 Å². The standard InChI is InChI=1S/C21H32N2O/c1-4-5-8-21(24)22-20-7-6-13-23(16-20)15-19-11-9-18(10-12-19)14-17(2)3/h4,9-12,17,20H,1,5-8,13-16H2,2-3H3,(H,22,24)/t20-/m0/s1. The van der Waals surface area contributed by atoms with Crippen LogP contribution in [0.1, 0.15) is 50.7 Å². The van der Waals surface area contributed by atoms with Crippen molar-refractivity contribution in [1.82, 2.24) is 10.2 Å². The fraction of sp³-hybridized carbons (Fsp3) is 0.571. The maximum atomic E-state index is 11.9. The molecule has 1 aromatic carbocycles. The van der Waals surface area contributed by atoms with Gasteiger partial charge in [-0.05, 0) is 49.3 Å². The van der Waals surface area contributed by atoms with Gasteiger partial charge in [-0.1, -0.05) is 44.2 Å². The van der Waals surface area contributed by atoms with Gasteiger partial charge >= 0.3 is 0 Å². The Morgan fingerprint density at radius 2 is 2.04 bits per heavy atom. The third kappa shape index (κ3) is 6.48. The number of likely N-dealkylation sites (tertiary alicyclic amines) is 1. The number of hydrogen-bond donors (Lipinski definition) is 1. The van der Waals surface area contributed by atoms with Crippen LogP contribution in [0.5, 0.6) is 0 Å². The second-order valence-corrected chi connectivity index (χ2v) is 7.38. The number of carbonyl (C=O) groups is 1. The molecule has 3 nitrogen and oxygen atoms in total. The van der Waals surface area contributed by atoms with E-state index in [0.29, 0.717) is 12.3 Å². The maximum Gasteiger partial charge on any atom is 0.220 e. The maximum absolute atomic E-state index is 11.9. The van der Waals surface area contributed by atoms with Crippen molar-refractivity contribution in [3.05, 3.63) is 48.0 Å². The molecule has 0 aromatic heterocycles. The minimum absolute atomic E-state index is 0.153. The average Bonchev–Trinajstić information content (AvgIpc) is 2.55. The SMILES string of the molecule is C=CCCC(=O)N[C@H]1CCCN(Cc2ccc(CC(C)C)cc2)C1. The van der Waals surface area contributed by atoms with Gasteiger partial charge in [-0.3, -0.25) is 9.69 Å². The van der Waals surface area contributed by atoms with Crippen LogP contribution in [-0.4, -0.2) is 29.9 Å². The highest BCUT2D eigenvalue weighted by molar-refractivity contribution is 5.76. The van der Waals surface area contributed by atoms with Crippen LogP contribution in [0.25, 0.3) is 0 Å². The molecule has 1 heterocycles. The molecule has 1 aliphatic rings. The van der Waals surface area contributed by atoms with E-state index in [4.69, 9.17) is 0 Å². The fourth-order valence-corrected chi connectivity index (χ4v) is 3.36. The second-order valence-electron chi connectivity index (χ2n) is 7.38. The van der Waals surface area contributed by atoms with Gasteiger partial charge in [0.05, 0.1) is 0 Å². The van der Waals surface area contributed by atoms with E-state index in [9.17, 15) is 4.79 Å². The van der Waals surface area contributed by atoms with Gasteiger partial charge < -0.3 is 5.32 Å².